The molecule has 1 N–H and O–H groups in total. The van der Waals surface area contributed by atoms with Gasteiger partial charge in [0.2, 0.25) is 0 Å². The minimum Gasteiger partial charge on any atom is -0.486 e. The van der Waals surface area contributed by atoms with Crippen LogP contribution >= 0.6 is 0 Å². The van der Waals surface area contributed by atoms with Gasteiger partial charge in [-0.25, -0.2) is 0 Å². The van der Waals surface area contributed by atoms with Gasteiger partial charge in [0.1, 0.15) is 19.0 Å². The zero-order valence-corrected chi connectivity index (χ0v) is 14.8. The Morgan fingerprint density at radius 2 is 1.77 bits per heavy atom. The number of nitrogens with one attached hydrogen (secondary N) is 1. The van der Waals surface area contributed by atoms with E-state index in [2.05, 4.69) is 5.32 Å². The Balaban J connectivity index is 1.60. The second kappa shape index (κ2) is 7.91. The Hall–Kier alpha value is -3.02. The van der Waals surface area contributed by atoms with Crippen molar-refractivity contribution in [3.63, 3.8) is 0 Å². The highest BCUT2D eigenvalue weighted by Crippen LogP contribution is 2.32. The molecule has 0 spiro atoms. The number of ketones is 1. The molecule has 0 unspecified atom stereocenters. The number of ether oxygens (including phenoxy) is 3. The smallest absolute Gasteiger partial charge is 0.265 e. The number of benzene rings is 2. The molecule has 6 nitrogen and oxygen atoms in total. The van der Waals surface area contributed by atoms with Crippen LogP contribution in [0.1, 0.15) is 30.6 Å². The molecule has 136 valence electrons. The van der Waals surface area contributed by atoms with Crippen LogP contribution in [0.2, 0.25) is 0 Å². The van der Waals surface area contributed by atoms with Crippen LogP contribution in [0, 0.1) is 0 Å². The van der Waals surface area contributed by atoms with Crippen molar-refractivity contribution in [3.8, 4) is 17.2 Å². The fraction of sp³-hybridized carbons (Fsp3) is 0.300. The van der Waals surface area contributed by atoms with Gasteiger partial charge in [0.05, 0.1) is 0 Å². The van der Waals surface area contributed by atoms with Crippen molar-refractivity contribution in [2.45, 2.75) is 26.4 Å². The molecule has 1 atom stereocenters. The Kier molecular flexibility index (Phi) is 5.41. The van der Waals surface area contributed by atoms with E-state index in [1.165, 1.54) is 0 Å². The molecule has 1 aliphatic rings. The molecule has 6 heteroatoms. The van der Waals surface area contributed by atoms with Crippen LogP contribution in [-0.4, -0.2) is 31.0 Å². The number of fused-ring (bicyclic) bond motifs is 1. The standard InChI is InChI=1S/C20H21NO5/c1-3-17(22)14-4-7-16(8-5-14)26-13(2)20(23)21-15-6-9-18-19(12-15)25-11-10-24-18/h4-9,12-13H,3,10-11H2,1-2H3,(H,21,23)/t13-/m0/s1. The Bertz CT molecular complexity index is 800. The molecule has 0 radical (unpaired) electrons. The minimum absolute atomic E-state index is 0.0703. The Morgan fingerprint density at radius 1 is 1.08 bits per heavy atom. The average Bonchev–Trinajstić information content (AvgIpc) is 2.67. The van der Waals surface area contributed by atoms with E-state index in [0.717, 1.165) is 0 Å². The second-order valence-corrected chi connectivity index (χ2v) is 5.91. The highest BCUT2D eigenvalue weighted by Gasteiger charge is 2.17. The van der Waals surface area contributed by atoms with Gasteiger partial charge in [0.25, 0.3) is 5.91 Å². The fourth-order valence-electron chi connectivity index (χ4n) is 2.55. The van der Waals surface area contributed by atoms with Crippen molar-refractivity contribution < 1.29 is 23.8 Å². The lowest BCUT2D eigenvalue weighted by Gasteiger charge is -2.19. The topological polar surface area (TPSA) is 73.9 Å². The summed E-state index contributed by atoms with van der Waals surface area (Å²) >= 11 is 0. The van der Waals surface area contributed by atoms with Gasteiger partial charge in [-0.2, -0.15) is 0 Å². The van der Waals surface area contributed by atoms with Crippen LogP contribution in [0.3, 0.4) is 0 Å². The SMILES string of the molecule is CCC(=O)c1ccc(O[C@@H](C)C(=O)Nc2ccc3c(c2)OCCO3)cc1. The normalized spacial score (nSPS) is 13.6. The summed E-state index contributed by atoms with van der Waals surface area (Å²) < 4.78 is 16.6. The van der Waals surface area contributed by atoms with Gasteiger partial charge < -0.3 is 19.5 Å². The summed E-state index contributed by atoms with van der Waals surface area (Å²) in [6.07, 6.45) is -0.245. The molecule has 3 rings (SSSR count). The second-order valence-electron chi connectivity index (χ2n) is 5.91. The van der Waals surface area contributed by atoms with Crippen molar-refractivity contribution in [1.29, 1.82) is 0 Å². The zero-order chi connectivity index (χ0) is 18.5. The predicted octanol–water partition coefficient (Wildman–Crippen LogP) is 3.46. The summed E-state index contributed by atoms with van der Waals surface area (Å²) in [5.74, 6) is 1.60. The minimum atomic E-state index is -0.698. The first kappa shape index (κ1) is 17.8. The third kappa shape index (κ3) is 4.14. The third-order valence-electron chi connectivity index (χ3n) is 3.99. The van der Waals surface area contributed by atoms with Crippen molar-refractivity contribution >= 4 is 17.4 Å². The first-order chi connectivity index (χ1) is 12.6. The first-order valence-electron chi connectivity index (χ1n) is 8.57. The molecule has 1 amide bonds. The Labute approximate surface area is 152 Å². The van der Waals surface area contributed by atoms with Crippen LogP contribution < -0.4 is 19.5 Å². The summed E-state index contributed by atoms with van der Waals surface area (Å²) in [4.78, 5) is 24.0. The van der Waals surface area contributed by atoms with Gasteiger partial charge in [-0.3, -0.25) is 9.59 Å². The molecule has 26 heavy (non-hydrogen) atoms. The zero-order valence-electron chi connectivity index (χ0n) is 14.8. The lowest BCUT2D eigenvalue weighted by molar-refractivity contribution is -0.122. The van der Waals surface area contributed by atoms with Crippen molar-refractivity contribution in [2.24, 2.45) is 0 Å². The van der Waals surface area contributed by atoms with E-state index in [9.17, 15) is 9.59 Å². The van der Waals surface area contributed by atoms with Crippen LogP contribution in [0.25, 0.3) is 0 Å². The largest absolute Gasteiger partial charge is 0.486 e. The fourth-order valence-corrected chi connectivity index (χ4v) is 2.55. The molecule has 0 saturated carbocycles. The molecule has 1 heterocycles. The lowest BCUT2D eigenvalue weighted by Crippen LogP contribution is -2.30. The van der Waals surface area contributed by atoms with Crippen molar-refractivity contribution in [1.82, 2.24) is 0 Å². The van der Waals surface area contributed by atoms with Crippen LogP contribution in [0.15, 0.2) is 42.5 Å². The molecule has 0 saturated heterocycles. The van der Waals surface area contributed by atoms with Crippen LogP contribution in [-0.2, 0) is 4.79 Å². The Morgan fingerprint density at radius 3 is 2.46 bits per heavy atom. The summed E-state index contributed by atoms with van der Waals surface area (Å²) in [6.45, 7) is 4.49. The number of hydrogen-bond donors (Lipinski definition) is 1. The van der Waals surface area contributed by atoms with E-state index in [1.807, 2.05) is 6.92 Å². The quantitative estimate of drug-likeness (QED) is 0.804. The summed E-state index contributed by atoms with van der Waals surface area (Å²) in [6, 6.07) is 12.0. The highest BCUT2D eigenvalue weighted by molar-refractivity contribution is 5.96. The number of amides is 1. The summed E-state index contributed by atoms with van der Waals surface area (Å²) in [7, 11) is 0. The number of anilines is 1. The molecule has 1 aliphatic heterocycles. The third-order valence-corrected chi connectivity index (χ3v) is 3.99. The lowest BCUT2D eigenvalue weighted by atomic mass is 10.1. The predicted molar refractivity (Wildman–Crippen MR) is 97.2 cm³/mol. The average molecular weight is 355 g/mol. The monoisotopic (exact) mass is 355 g/mol. The van der Waals surface area contributed by atoms with Gasteiger partial charge in [-0.1, -0.05) is 6.92 Å². The van der Waals surface area contributed by atoms with Crippen molar-refractivity contribution in [3.05, 3.63) is 48.0 Å². The number of hydrogen-bond acceptors (Lipinski definition) is 5. The molecular formula is C20H21NO5. The molecule has 0 aliphatic carbocycles. The molecule has 0 bridgehead atoms. The van der Waals surface area contributed by atoms with Crippen LogP contribution in [0.4, 0.5) is 5.69 Å². The maximum Gasteiger partial charge on any atom is 0.265 e. The van der Waals surface area contributed by atoms with Gasteiger partial charge in [0, 0.05) is 23.7 Å². The number of rotatable bonds is 6. The summed E-state index contributed by atoms with van der Waals surface area (Å²) in [5.41, 5.74) is 1.24. The molecule has 2 aromatic carbocycles. The molecule has 0 fully saturated rings. The van der Waals surface area contributed by atoms with E-state index in [0.29, 0.717) is 48.1 Å². The van der Waals surface area contributed by atoms with E-state index >= 15 is 0 Å². The van der Waals surface area contributed by atoms with Gasteiger partial charge in [0.15, 0.2) is 23.4 Å². The number of carbonyl (C=O) groups is 2. The van der Waals surface area contributed by atoms with Crippen molar-refractivity contribution in [2.75, 3.05) is 18.5 Å². The van der Waals surface area contributed by atoms with E-state index in [-0.39, 0.29) is 11.7 Å². The van der Waals surface area contributed by atoms with E-state index < -0.39 is 6.10 Å². The maximum absolute atomic E-state index is 12.3. The maximum atomic E-state index is 12.3. The number of carbonyl (C=O) groups excluding carboxylic acids is 2. The van der Waals surface area contributed by atoms with Gasteiger partial charge in [-0.05, 0) is 43.3 Å². The highest BCUT2D eigenvalue weighted by atomic mass is 16.6. The van der Waals surface area contributed by atoms with Gasteiger partial charge in [-0.15, -0.1) is 0 Å². The summed E-state index contributed by atoms with van der Waals surface area (Å²) in [5, 5.41) is 2.80. The van der Waals surface area contributed by atoms with E-state index in [4.69, 9.17) is 14.2 Å². The molecule has 0 aromatic heterocycles. The van der Waals surface area contributed by atoms with Gasteiger partial charge >= 0.3 is 0 Å². The molecular weight excluding hydrogens is 334 g/mol. The molecule has 2 aromatic rings. The first-order valence-corrected chi connectivity index (χ1v) is 8.57. The van der Waals surface area contributed by atoms with Crippen LogP contribution in [0.5, 0.6) is 17.2 Å². The van der Waals surface area contributed by atoms with E-state index in [1.54, 1.807) is 49.4 Å². The number of Topliss-reactive ketones (excluding diaryl/α,β-unsaturated/α-hetero) is 1.